The molecule has 1 amide bonds. The van der Waals surface area contributed by atoms with Gasteiger partial charge in [-0.05, 0) is 31.2 Å². The molecule has 3 N–H and O–H groups in total. The van der Waals surface area contributed by atoms with Crippen molar-refractivity contribution in [3.05, 3.63) is 24.3 Å². The highest BCUT2D eigenvalue weighted by Crippen LogP contribution is 2.49. The first-order valence-corrected chi connectivity index (χ1v) is 8.30. The number of halogens is 1. The van der Waals surface area contributed by atoms with Gasteiger partial charge in [0.2, 0.25) is 5.91 Å². The molecule has 0 bridgehead atoms. The molecule has 1 aliphatic rings. The molecule has 0 saturated heterocycles. The number of hydrogen-bond donors (Lipinski definition) is 2. The second-order valence-corrected chi connectivity index (χ2v) is 6.62. The molecular weight excluding hydrogens is 344 g/mol. The summed E-state index contributed by atoms with van der Waals surface area (Å²) >= 11 is 0. The van der Waals surface area contributed by atoms with Crippen LogP contribution in [0.2, 0.25) is 0 Å². The van der Waals surface area contributed by atoms with Gasteiger partial charge < -0.3 is 25.3 Å². The fraction of sp³-hybridized carbons (Fsp3) is 0.611. The normalized spacial score (nSPS) is 23.8. The number of ether oxygens (including phenoxy) is 3. The van der Waals surface area contributed by atoms with E-state index in [0.717, 1.165) is 11.5 Å². The van der Waals surface area contributed by atoms with Crippen LogP contribution in [0.5, 0.6) is 11.5 Å². The molecule has 7 heteroatoms. The molecule has 0 aromatic heterocycles. The van der Waals surface area contributed by atoms with Crippen molar-refractivity contribution in [2.75, 3.05) is 26.9 Å². The summed E-state index contributed by atoms with van der Waals surface area (Å²) in [7, 11) is 1.62. The van der Waals surface area contributed by atoms with Crippen LogP contribution in [-0.4, -0.2) is 44.4 Å². The van der Waals surface area contributed by atoms with Crippen molar-refractivity contribution in [2.24, 2.45) is 11.1 Å². The van der Waals surface area contributed by atoms with Crippen LogP contribution in [0, 0.1) is 5.41 Å². The van der Waals surface area contributed by atoms with Gasteiger partial charge in [-0.1, -0.05) is 13.8 Å². The Morgan fingerprint density at radius 1 is 1.28 bits per heavy atom. The zero-order chi connectivity index (χ0) is 17.8. The molecular formula is C18H29ClN2O4. The van der Waals surface area contributed by atoms with Crippen LogP contribution in [-0.2, 0) is 9.53 Å². The quantitative estimate of drug-likeness (QED) is 0.683. The molecule has 6 nitrogen and oxygen atoms in total. The van der Waals surface area contributed by atoms with Crippen molar-refractivity contribution in [3.63, 3.8) is 0 Å². The van der Waals surface area contributed by atoms with Crippen LogP contribution >= 0.6 is 12.4 Å². The molecule has 25 heavy (non-hydrogen) atoms. The van der Waals surface area contributed by atoms with Crippen molar-refractivity contribution in [1.82, 2.24) is 5.32 Å². The maximum Gasteiger partial charge on any atom is 0.240 e. The molecule has 1 aromatic carbocycles. The van der Waals surface area contributed by atoms with Gasteiger partial charge in [0.1, 0.15) is 23.6 Å². The SMILES string of the molecule is CCOC1CC(N)(C(=O)NCCOc2ccc(OC)cc2)C1(C)C.Cl. The van der Waals surface area contributed by atoms with E-state index in [1.54, 1.807) is 7.11 Å². The molecule has 2 unspecified atom stereocenters. The molecule has 1 aliphatic carbocycles. The highest BCUT2D eigenvalue weighted by Gasteiger charge is 2.62. The van der Waals surface area contributed by atoms with E-state index < -0.39 is 5.54 Å². The zero-order valence-electron chi connectivity index (χ0n) is 15.3. The van der Waals surface area contributed by atoms with Crippen molar-refractivity contribution in [3.8, 4) is 11.5 Å². The van der Waals surface area contributed by atoms with Gasteiger partial charge in [-0.2, -0.15) is 0 Å². The van der Waals surface area contributed by atoms with Gasteiger partial charge in [-0.3, -0.25) is 4.79 Å². The smallest absolute Gasteiger partial charge is 0.240 e. The van der Waals surface area contributed by atoms with E-state index in [2.05, 4.69) is 5.32 Å². The first-order valence-electron chi connectivity index (χ1n) is 8.30. The summed E-state index contributed by atoms with van der Waals surface area (Å²) in [6, 6.07) is 7.31. The molecule has 0 spiro atoms. The highest BCUT2D eigenvalue weighted by atomic mass is 35.5. The minimum Gasteiger partial charge on any atom is -0.497 e. The first-order chi connectivity index (χ1) is 11.3. The lowest BCUT2D eigenvalue weighted by atomic mass is 9.54. The summed E-state index contributed by atoms with van der Waals surface area (Å²) in [5, 5.41) is 2.87. The van der Waals surface area contributed by atoms with Gasteiger partial charge in [-0.15, -0.1) is 12.4 Å². The van der Waals surface area contributed by atoms with E-state index in [1.165, 1.54) is 0 Å². The minimum atomic E-state index is -0.896. The number of rotatable bonds is 8. The highest BCUT2D eigenvalue weighted by molar-refractivity contribution is 5.88. The second kappa shape index (κ2) is 8.74. The number of hydrogen-bond acceptors (Lipinski definition) is 5. The average Bonchev–Trinajstić information content (AvgIpc) is 2.58. The summed E-state index contributed by atoms with van der Waals surface area (Å²) in [5.74, 6) is 1.35. The molecule has 0 radical (unpaired) electrons. The van der Waals surface area contributed by atoms with Gasteiger partial charge in [0.25, 0.3) is 0 Å². The maximum atomic E-state index is 12.4. The predicted octanol–water partition coefficient (Wildman–Crippen LogP) is 2.14. The van der Waals surface area contributed by atoms with Crippen LogP contribution in [0.3, 0.4) is 0 Å². The van der Waals surface area contributed by atoms with E-state index in [9.17, 15) is 4.79 Å². The van der Waals surface area contributed by atoms with E-state index in [-0.39, 0.29) is 29.8 Å². The lowest BCUT2D eigenvalue weighted by Gasteiger charge is -2.57. The number of nitrogens with one attached hydrogen (secondary N) is 1. The van der Waals surface area contributed by atoms with Crippen molar-refractivity contribution < 1.29 is 19.0 Å². The summed E-state index contributed by atoms with van der Waals surface area (Å²) in [4.78, 5) is 12.4. The Morgan fingerprint density at radius 2 is 1.88 bits per heavy atom. The van der Waals surface area contributed by atoms with E-state index >= 15 is 0 Å². The Bertz CT molecular complexity index is 565. The third kappa shape index (κ3) is 4.37. The summed E-state index contributed by atoms with van der Waals surface area (Å²) in [6.07, 6.45) is 0.563. The predicted molar refractivity (Wildman–Crippen MR) is 99.5 cm³/mol. The molecule has 1 fully saturated rings. The summed E-state index contributed by atoms with van der Waals surface area (Å²) in [6.45, 7) is 7.31. The van der Waals surface area contributed by atoms with Crippen molar-refractivity contribution in [1.29, 1.82) is 0 Å². The largest absolute Gasteiger partial charge is 0.497 e. The van der Waals surface area contributed by atoms with Crippen LogP contribution in [0.15, 0.2) is 24.3 Å². The van der Waals surface area contributed by atoms with Crippen LogP contribution in [0.1, 0.15) is 27.2 Å². The Labute approximate surface area is 155 Å². The number of carbonyl (C=O) groups excluding carboxylic acids is 1. The topological polar surface area (TPSA) is 82.8 Å². The third-order valence-corrected chi connectivity index (χ3v) is 4.95. The van der Waals surface area contributed by atoms with Gasteiger partial charge >= 0.3 is 0 Å². The van der Waals surface area contributed by atoms with Gasteiger partial charge in [0, 0.05) is 18.4 Å². The molecule has 2 atom stereocenters. The second-order valence-electron chi connectivity index (χ2n) is 6.62. The first kappa shape index (κ1) is 21.5. The Morgan fingerprint density at radius 3 is 2.40 bits per heavy atom. The molecule has 1 saturated carbocycles. The summed E-state index contributed by atoms with van der Waals surface area (Å²) < 4.78 is 16.3. The Balaban J connectivity index is 0.00000312. The fourth-order valence-electron chi connectivity index (χ4n) is 2.98. The number of carbonyl (C=O) groups is 1. The monoisotopic (exact) mass is 372 g/mol. The van der Waals surface area contributed by atoms with Crippen molar-refractivity contribution in [2.45, 2.75) is 38.8 Å². The Hall–Kier alpha value is -1.50. The maximum absolute atomic E-state index is 12.4. The molecule has 1 aromatic rings. The van der Waals surface area contributed by atoms with Gasteiger partial charge in [0.15, 0.2) is 0 Å². The number of nitrogens with two attached hydrogens (primary N) is 1. The van der Waals surface area contributed by atoms with Crippen LogP contribution in [0.4, 0.5) is 0 Å². The standard InChI is InChI=1S/C18H28N2O4.ClH/c1-5-23-15-12-18(19,17(15,2)3)16(21)20-10-11-24-14-8-6-13(22-4)7-9-14;/h6-9,15H,5,10-12,19H2,1-4H3,(H,20,21);1H. The van der Waals surface area contributed by atoms with Gasteiger partial charge in [0.05, 0.1) is 19.8 Å². The summed E-state index contributed by atoms with van der Waals surface area (Å²) in [5.41, 5.74) is 5.04. The Kier molecular flexibility index (Phi) is 7.53. The van der Waals surface area contributed by atoms with E-state index in [1.807, 2.05) is 45.0 Å². The van der Waals surface area contributed by atoms with E-state index in [0.29, 0.717) is 26.2 Å². The van der Waals surface area contributed by atoms with Crippen LogP contribution in [0.25, 0.3) is 0 Å². The number of methoxy groups -OCH3 is 1. The molecule has 142 valence electrons. The molecule has 0 heterocycles. The fourth-order valence-corrected chi connectivity index (χ4v) is 2.98. The van der Waals surface area contributed by atoms with Crippen LogP contribution < -0.4 is 20.5 Å². The third-order valence-electron chi connectivity index (χ3n) is 4.95. The lowest BCUT2D eigenvalue weighted by molar-refractivity contribution is -0.170. The lowest BCUT2D eigenvalue weighted by Crippen LogP contribution is -2.75. The molecule has 0 aliphatic heterocycles. The van der Waals surface area contributed by atoms with E-state index in [4.69, 9.17) is 19.9 Å². The molecule has 2 rings (SSSR count). The zero-order valence-corrected chi connectivity index (χ0v) is 16.2. The van der Waals surface area contributed by atoms with Gasteiger partial charge in [-0.25, -0.2) is 0 Å². The minimum absolute atomic E-state index is 0. The number of benzene rings is 1. The van der Waals surface area contributed by atoms with Crippen molar-refractivity contribution >= 4 is 18.3 Å². The average molecular weight is 373 g/mol. The number of amides is 1.